The van der Waals surface area contributed by atoms with Gasteiger partial charge in [0.25, 0.3) is 0 Å². The van der Waals surface area contributed by atoms with Gasteiger partial charge in [-0.3, -0.25) is 0 Å². The fraction of sp³-hybridized carbons (Fsp3) is 0.133. The first-order chi connectivity index (χ1) is 8.83. The van der Waals surface area contributed by atoms with E-state index in [2.05, 4.69) is 22.7 Å². The van der Waals surface area contributed by atoms with Gasteiger partial charge in [-0.2, -0.15) is 5.10 Å². The summed E-state index contributed by atoms with van der Waals surface area (Å²) in [5.41, 5.74) is 6.69. The van der Waals surface area contributed by atoms with Crippen LogP contribution < -0.4 is 5.43 Å². The molecule has 0 saturated heterocycles. The molecule has 90 valence electrons. The average Bonchev–Trinajstić information content (AvgIpc) is 2.90. The molecule has 1 atom stereocenters. The summed E-state index contributed by atoms with van der Waals surface area (Å²) in [5, 5.41) is 5.18. The molecule has 1 unspecified atom stereocenters. The number of benzene rings is 2. The van der Waals surface area contributed by atoms with Crippen LogP contribution in [0.4, 0.5) is 0 Å². The summed E-state index contributed by atoms with van der Waals surface area (Å²) in [4.78, 5) is 0. The monoisotopic (exact) mass is 256 g/mol. The van der Waals surface area contributed by atoms with Crippen molar-refractivity contribution in [2.45, 2.75) is 12.5 Å². The Morgan fingerprint density at radius 1 is 1.00 bits per heavy atom. The van der Waals surface area contributed by atoms with Gasteiger partial charge in [0.05, 0.1) is 11.8 Å². The predicted molar refractivity (Wildman–Crippen MR) is 74.9 cm³/mol. The molecule has 18 heavy (non-hydrogen) atoms. The summed E-state index contributed by atoms with van der Waals surface area (Å²) in [6.07, 6.45) is 0.908. The lowest BCUT2D eigenvalue weighted by molar-refractivity contribution is 0.620. The lowest BCUT2D eigenvalue weighted by atomic mass is 9.99. The molecule has 1 aliphatic rings. The van der Waals surface area contributed by atoms with Gasteiger partial charge in [-0.1, -0.05) is 54.1 Å². The molecule has 0 aromatic heterocycles. The molecule has 0 amide bonds. The minimum Gasteiger partial charge on any atom is -0.302 e. The molecule has 0 saturated carbocycles. The maximum atomic E-state index is 5.89. The maximum Gasteiger partial charge on any atom is 0.0745 e. The molecule has 3 heteroatoms. The highest BCUT2D eigenvalue weighted by Crippen LogP contribution is 2.25. The molecule has 0 radical (unpaired) electrons. The van der Waals surface area contributed by atoms with Gasteiger partial charge in [0, 0.05) is 11.4 Å². The van der Waals surface area contributed by atoms with Crippen LogP contribution in [0.5, 0.6) is 0 Å². The van der Waals surface area contributed by atoms with Crippen LogP contribution in [0.2, 0.25) is 5.02 Å². The van der Waals surface area contributed by atoms with E-state index in [4.69, 9.17) is 11.6 Å². The van der Waals surface area contributed by atoms with Gasteiger partial charge in [-0.05, 0) is 23.3 Å². The van der Waals surface area contributed by atoms with Crippen molar-refractivity contribution in [2.75, 3.05) is 0 Å². The number of nitrogens with one attached hydrogen (secondary N) is 1. The minimum absolute atomic E-state index is 0.248. The molecule has 1 aliphatic heterocycles. The molecule has 2 aromatic rings. The third kappa shape index (κ3) is 2.24. The summed E-state index contributed by atoms with van der Waals surface area (Å²) in [7, 11) is 0. The molecular weight excluding hydrogens is 244 g/mol. The average molecular weight is 257 g/mol. The van der Waals surface area contributed by atoms with Gasteiger partial charge in [0.15, 0.2) is 0 Å². The van der Waals surface area contributed by atoms with E-state index in [9.17, 15) is 0 Å². The summed E-state index contributed by atoms with van der Waals surface area (Å²) in [6, 6.07) is 18.4. The number of halogens is 1. The molecular formula is C15H13ClN2. The number of hydrazone groups is 1. The second-order valence-corrected chi connectivity index (χ2v) is 4.80. The smallest absolute Gasteiger partial charge is 0.0745 e. The van der Waals surface area contributed by atoms with Crippen molar-refractivity contribution in [2.24, 2.45) is 5.10 Å². The van der Waals surface area contributed by atoms with Crippen LogP contribution >= 0.6 is 11.6 Å². The molecule has 2 nitrogen and oxygen atoms in total. The molecule has 1 heterocycles. The topological polar surface area (TPSA) is 24.4 Å². The Hall–Kier alpha value is -1.80. The van der Waals surface area contributed by atoms with Crippen molar-refractivity contribution in [3.63, 3.8) is 0 Å². The van der Waals surface area contributed by atoms with Crippen LogP contribution in [0.25, 0.3) is 0 Å². The molecule has 3 rings (SSSR count). The number of hydrogen-bond acceptors (Lipinski definition) is 2. The second-order valence-electron chi connectivity index (χ2n) is 4.36. The van der Waals surface area contributed by atoms with Crippen LogP contribution in [-0.2, 0) is 0 Å². The zero-order valence-electron chi connectivity index (χ0n) is 9.81. The first-order valence-electron chi connectivity index (χ1n) is 5.96. The number of hydrogen-bond donors (Lipinski definition) is 1. The van der Waals surface area contributed by atoms with E-state index in [0.717, 1.165) is 17.2 Å². The normalized spacial score (nSPS) is 18.3. The fourth-order valence-corrected chi connectivity index (χ4v) is 2.27. The Morgan fingerprint density at radius 3 is 2.44 bits per heavy atom. The second kappa shape index (κ2) is 4.83. The van der Waals surface area contributed by atoms with Gasteiger partial charge in [-0.25, -0.2) is 0 Å². The molecule has 0 fully saturated rings. The van der Waals surface area contributed by atoms with E-state index in [1.165, 1.54) is 11.1 Å². The van der Waals surface area contributed by atoms with E-state index >= 15 is 0 Å². The highest BCUT2D eigenvalue weighted by molar-refractivity contribution is 6.30. The van der Waals surface area contributed by atoms with Gasteiger partial charge in [-0.15, -0.1) is 0 Å². The van der Waals surface area contributed by atoms with Crippen LogP contribution in [0.15, 0.2) is 59.7 Å². The standard InChI is InChI=1S/C15H13ClN2/c16-13-8-6-12(7-9-13)15-10-14(17-18-15)11-4-2-1-3-5-11/h1-9,15,18H,10H2. The summed E-state index contributed by atoms with van der Waals surface area (Å²) < 4.78 is 0. The Kier molecular flexibility index (Phi) is 3.03. The van der Waals surface area contributed by atoms with Crippen molar-refractivity contribution in [3.05, 3.63) is 70.7 Å². The SMILES string of the molecule is Clc1ccc(C2CC(c3ccccc3)=NN2)cc1. The van der Waals surface area contributed by atoms with Crippen molar-refractivity contribution >= 4 is 17.3 Å². The molecule has 2 aromatic carbocycles. The van der Waals surface area contributed by atoms with Gasteiger partial charge in [0.1, 0.15) is 0 Å². The minimum atomic E-state index is 0.248. The Bertz CT molecular complexity index is 561. The summed E-state index contributed by atoms with van der Waals surface area (Å²) in [6.45, 7) is 0. The predicted octanol–water partition coefficient (Wildman–Crippen LogP) is 3.78. The van der Waals surface area contributed by atoms with Gasteiger partial charge < -0.3 is 5.43 Å². The van der Waals surface area contributed by atoms with Crippen molar-refractivity contribution in [1.29, 1.82) is 0 Å². The van der Waals surface area contributed by atoms with Crippen LogP contribution in [0.1, 0.15) is 23.6 Å². The Morgan fingerprint density at radius 2 is 1.72 bits per heavy atom. The van der Waals surface area contributed by atoms with E-state index in [1.807, 2.05) is 42.5 Å². The van der Waals surface area contributed by atoms with Crippen molar-refractivity contribution in [3.8, 4) is 0 Å². The van der Waals surface area contributed by atoms with E-state index in [0.29, 0.717) is 0 Å². The number of rotatable bonds is 2. The fourth-order valence-electron chi connectivity index (χ4n) is 2.14. The molecule has 0 bridgehead atoms. The lowest BCUT2D eigenvalue weighted by Crippen LogP contribution is -2.09. The van der Waals surface area contributed by atoms with Gasteiger partial charge in [0.2, 0.25) is 0 Å². The van der Waals surface area contributed by atoms with Gasteiger partial charge >= 0.3 is 0 Å². The first-order valence-corrected chi connectivity index (χ1v) is 6.34. The zero-order valence-corrected chi connectivity index (χ0v) is 10.6. The quantitative estimate of drug-likeness (QED) is 0.869. The summed E-state index contributed by atoms with van der Waals surface area (Å²) in [5.74, 6) is 0. The zero-order chi connectivity index (χ0) is 12.4. The third-order valence-corrected chi connectivity index (χ3v) is 3.38. The van der Waals surface area contributed by atoms with Crippen LogP contribution in [-0.4, -0.2) is 5.71 Å². The Balaban J connectivity index is 1.76. The van der Waals surface area contributed by atoms with Crippen LogP contribution in [0, 0.1) is 0 Å². The third-order valence-electron chi connectivity index (χ3n) is 3.13. The highest BCUT2D eigenvalue weighted by atomic mass is 35.5. The largest absolute Gasteiger partial charge is 0.302 e. The Labute approximate surface area is 111 Å². The van der Waals surface area contributed by atoms with E-state index in [1.54, 1.807) is 0 Å². The highest BCUT2D eigenvalue weighted by Gasteiger charge is 2.20. The molecule has 0 aliphatic carbocycles. The number of nitrogens with zero attached hydrogens (tertiary/aromatic N) is 1. The lowest BCUT2D eigenvalue weighted by Gasteiger charge is -2.09. The van der Waals surface area contributed by atoms with E-state index in [-0.39, 0.29) is 6.04 Å². The summed E-state index contributed by atoms with van der Waals surface area (Å²) >= 11 is 5.89. The van der Waals surface area contributed by atoms with Crippen molar-refractivity contribution in [1.82, 2.24) is 5.43 Å². The van der Waals surface area contributed by atoms with Crippen molar-refractivity contribution < 1.29 is 0 Å². The maximum absolute atomic E-state index is 5.89. The molecule has 0 spiro atoms. The van der Waals surface area contributed by atoms with Crippen LogP contribution in [0.3, 0.4) is 0 Å². The van der Waals surface area contributed by atoms with E-state index < -0.39 is 0 Å². The first kappa shape index (κ1) is 11.3. The molecule has 1 N–H and O–H groups in total.